The Bertz CT molecular complexity index is 360. The van der Waals surface area contributed by atoms with Gasteiger partial charge in [-0.25, -0.2) is 0 Å². The fourth-order valence-electron chi connectivity index (χ4n) is 2.57. The molecule has 1 aliphatic rings. The second-order valence-electron chi connectivity index (χ2n) is 5.78. The van der Waals surface area contributed by atoms with Crippen molar-refractivity contribution in [2.75, 3.05) is 0 Å². The van der Waals surface area contributed by atoms with E-state index in [1.54, 1.807) is 6.08 Å². The van der Waals surface area contributed by atoms with Gasteiger partial charge in [-0.3, -0.25) is 4.18 Å². The Balaban J connectivity index is 1.80. The predicted molar refractivity (Wildman–Crippen MR) is 84.0 cm³/mol. The summed E-state index contributed by atoms with van der Waals surface area (Å²) in [6.07, 6.45) is 16.7. The zero-order valence-electron chi connectivity index (χ0n) is 12.9. The van der Waals surface area contributed by atoms with Crippen molar-refractivity contribution in [1.29, 1.82) is 0 Å². The molecule has 118 valence electrons. The van der Waals surface area contributed by atoms with Crippen molar-refractivity contribution in [3.05, 3.63) is 11.5 Å². The lowest BCUT2D eigenvalue weighted by Gasteiger charge is -2.06. The third-order valence-corrected chi connectivity index (χ3v) is 4.82. The molecule has 1 aliphatic heterocycles. The fraction of sp³-hybridized carbons (Fsp3) is 0.875. The molecule has 0 aromatic carbocycles. The van der Waals surface area contributed by atoms with Crippen LogP contribution >= 0.6 is 0 Å². The van der Waals surface area contributed by atoms with Gasteiger partial charge < -0.3 is 0 Å². The first kappa shape index (κ1) is 17.7. The molecule has 3 nitrogen and oxygen atoms in total. The lowest BCUT2D eigenvalue weighted by Crippen LogP contribution is -2.07. The van der Waals surface area contributed by atoms with Crippen molar-refractivity contribution in [2.45, 2.75) is 90.1 Å². The molecule has 0 amide bonds. The van der Waals surface area contributed by atoms with Gasteiger partial charge in [-0.15, -0.1) is 0 Å². The predicted octanol–water partition coefficient (Wildman–Crippen LogP) is 4.93. The van der Waals surface area contributed by atoms with Gasteiger partial charge in [-0.05, 0) is 12.5 Å². The largest absolute Gasteiger partial charge is 0.290 e. The van der Waals surface area contributed by atoms with E-state index in [4.69, 9.17) is 4.18 Å². The molecule has 1 rings (SSSR count). The van der Waals surface area contributed by atoms with E-state index < -0.39 is 10.1 Å². The molecule has 0 aromatic heterocycles. The van der Waals surface area contributed by atoms with Crippen molar-refractivity contribution in [3.8, 4) is 0 Å². The minimum atomic E-state index is -3.34. The van der Waals surface area contributed by atoms with Crippen molar-refractivity contribution < 1.29 is 12.6 Å². The van der Waals surface area contributed by atoms with Crippen LogP contribution in [0.1, 0.15) is 84.0 Å². The molecule has 0 saturated heterocycles. The molecule has 0 saturated carbocycles. The Labute approximate surface area is 124 Å². The highest BCUT2D eigenvalue weighted by atomic mass is 32.2. The molecule has 0 aliphatic carbocycles. The lowest BCUT2D eigenvalue weighted by atomic mass is 10.0. The average molecular weight is 302 g/mol. The molecule has 0 N–H and O–H groups in total. The van der Waals surface area contributed by atoms with Crippen molar-refractivity contribution in [2.24, 2.45) is 0 Å². The minimum absolute atomic E-state index is 0.210. The summed E-state index contributed by atoms with van der Waals surface area (Å²) in [5.74, 6) is 0. The van der Waals surface area contributed by atoms with Crippen LogP contribution < -0.4 is 0 Å². The van der Waals surface area contributed by atoms with Crippen LogP contribution in [0.3, 0.4) is 0 Å². The third-order valence-electron chi connectivity index (χ3n) is 3.81. The monoisotopic (exact) mass is 302 g/mol. The summed E-state index contributed by atoms with van der Waals surface area (Å²) in [6.45, 7) is 2.25. The maximum absolute atomic E-state index is 11.0. The Hall–Kier alpha value is -0.350. The summed E-state index contributed by atoms with van der Waals surface area (Å²) in [7, 11) is -3.34. The van der Waals surface area contributed by atoms with E-state index >= 15 is 0 Å². The summed E-state index contributed by atoms with van der Waals surface area (Å²) >= 11 is 0. The van der Waals surface area contributed by atoms with E-state index in [0.29, 0.717) is 0 Å². The molecule has 1 heterocycles. The minimum Gasteiger partial charge on any atom is -0.259 e. The van der Waals surface area contributed by atoms with Crippen LogP contribution in [-0.2, 0) is 14.3 Å². The van der Waals surface area contributed by atoms with E-state index in [-0.39, 0.29) is 6.10 Å². The van der Waals surface area contributed by atoms with Crippen molar-refractivity contribution >= 4 is 10.1 Å². The van der Waals surface area contributed by atoms with Crippen LogP contribution in [0.5, 0.6) is 0 Å². The molecule has 0 radical (unpaired) electrons. The molecule has 0 aromatic rings. The molecular weight excluding hydrogens is 272 g/mol. The van der Waals surface area contributed by atoms with Crippen LogP contribution in [0, 0.1) is 0 Å². The average Bonchev–Trinajstić information content (AvgIpc) is 2.75. The quantitative estimate of drug-likeness (QED) is 0.379. The Morgan fingerprint density at radius 2 is 1.35 bits per heavy atom. The number of rotatable bonds is 12. The first-order valence-electron chi connectivity index (χ1n) is 8.25. The van der Waals surface area contributed by atoms with Gasteiger partial charge in [0.1, 0.15) is 0 Å². The first-order valence-corrected chi connectivity index (χ1v) is 9.72. The third kappa shape index (κ3) is 8.75. The SMILES string of the molecule is CCCCCCCCCCCCCC1C=CS(=O)(=O)O1. The van der Waals surface area contributed by atoms with Gasteiger partial charge in [0.2, 0.25) is 0 Å². The van der Waals surface area contributed by atoms with Gasteiger partial charge in [-0.1, -0.05) is 77.6 Å². The van der Waals surface area contributed by atoms with Gasteiger partial charge in [0.15, 0.2) is 0 Å². The Morgan fingerprint density at radius 1 is 0.850 bits per heavy atom. The van der Waals surface area contributed by atoms with Gasteiger partial charge in [0.05, 0.1) is 11.5 Å². The summed E-state index contributed by atoms with van der Waals surface area (Å²) < 4.78 is 27.0. The number of unbranched alkanes of at least 4 members (excludes halogenated alkanes) is 10. The maximum atomic E-state index is 11.0. The highest BCUT2D eigenvalue weighted by Gasteiger charge is 2.21. The molecule has 20 heavy (non-hydrogen) atoms. The Morgan fingerprint density at radius 3 is 1.80 bits per heavy atom. The molecule has 1 unspecified atom stereocenters. The van der Waals surface area contributed by atoms with Gasteiger partial charge >= 0.3 is 0 Å². The van der Waals surface area contributed by atoms with Crippen LogP contribution in [0.2, 0.25) is 0 Å². The number of hydrogen-bond acceptors (Lipinski definition) is 3. The normalized spacial score (nSPS) is 20.6. The van der Waals surface area contributed by atoms with E-state index in [2.05, 4.69) is 6.92 Å². The van der Waals surface area contributed by atoms with Gasteiger partial charge in [-0.2, -0.15) is 8.42 Å². The summed E-state index contributed by atoms with van der Waals surface area (Å²) in [6, 6.07) is 0. The Kier molecular flexibility index (Phi) is 9.19. The molecular formula is C16H30O3S. The summed E-state index contributed by atoms with van der Waals surface area (Å²) in [4.78, 5) is 0. The topological polar surface area (TPSA) is 43.4 Å². The molecule has 0 spiro atoms. The van der Waals surface area contributed by atoms with Crippen LogP contribution in [0.15, 0.2) is 11.5 Å². The standard InChI is InChI=1S/C16H30O3S/c1-2-3-4-5-6-7-8-9-10-11-12-13-16-14-15-20(17,18)19-16/h14-16H,2-13H2,1H3. The lowest BCUT2D eigenvalue weighted by molar-refractivity contribution is 0.253. The van der Waals surface area contributed by atoms with Crippen LogP contribution in [-0.4, -0.2) is 14.5 Å². The van der Waals surface area contributed by atoms with Crippen molar-refractivity contribution in [1.82, 2.24) is 0 Å². The zero-order chi connectivity index (χ0) is 14.7. The van der Waals surface area contributed by atoms with E-state index in [1.807, 2.05) is 0 Å². The first-order chi connectivity index (χ1) is 9.64. The van der Waals surface area contributed by atoms with E-state index in [0.717, 1.165) is 12.8 Å². The van der Waals surface area contributed by atoms with Gasteiger partial charge in [0.25, 0.3) is 10.1 Å². The fourth-order valence-corrected chi connectivity index (χ4v) is 3.51. The maximum Gasteiger partial charge on any atom is 0.290 e. The molecule has 1 atom stereocenters. The smallest absolute Gasteiger partial charge is 0.259 e. The molecule has 0 bridgehead atoms. The van der Waals surface area contributed by atoms with E-state index in [9.17, 15) is 8.42 Å². The van der Waals surface area contributed by atoms with Gasteiger partial charge in [0, 0.05) is 0 Å². The second-order valence-corrected chi connectivity index (χ2v) is 7.23. The second kappa shape index (κ2) is 10.4. The summed E-state index contributed by atoms with van der Waals surface area (Å²) in [5.41, 5.74) is 0. The highest BCUT2D eigenvalue weighted by molar-refractivity contribution is 7.89. The summed E-state index contributed by atoms with van der Waals surface area (Å²) in [5, 5.41) is 1.18. The number of hydrogen-bond donors (Lipinski definition) is 0. The highest BCUT2D eigenvalue weighted by Crippen LogP contribution is 2.19. The molecule has 0 fully saturated rings. The molecule has 4 heteroatoms. The zero-order valence-corrected chi connectivity index (χ0v) is 13.7. The van der Waals surface area contributed by atoms with Crippen molar-refractivity contribution in [3.63, 3.8) is 0 Å². The van der Waals surface area contributed by atoms with Crippen LogP contribution in [0.25, 0.3) is 0 Å². The van der Waals surface area contributed by atoms with Crippen LogP contribution in [0.4, 0.5) is 0 Å². The van der Waals surface area contributed by atoms with E-state index in [1.165, 1.54) is 69.6 Å².